The van der Waals surface area contributed by atoms with Crippen LogP contribution < -0.4 is 0 Å². The number of nitrogens with one attached hydrogen (secondary N) is 1. The monoisotopic (exact) mass is 261 g/mol. The van der Waals surface area contributed by atoms with Crippen LogP contribution in [0.3, 0.4) is 0 Å². The van der Waals surface area contributed by atoms with E-state index in [0.29, 0.717) is 6.42 Å². The number of benzene rings is 2. The van der Waals surface area contributed by atoms with Crippen LogP contribution in [0.15, 0.2) is 48.5 Å². The van der Waals surface area contributed by atoms with Crippen LogP contribution in [0.4, 0.5) is 0 Å². The van der Waals surface area contributed by atoms with Crippen LogP contribution in [0.5, 0.6) is 0 Å². The standard InChI is InChI=1S/C18H15NO/c20-17-8-4-7-14-15-11-13(12-5-2-1-3-6-12)9-10-16(15)19-18(14)17/h1-3,5-6,9-11,19H,4,7-8H2. The third-order valence-corrected chi connectivity index (χ3v) is 4.12. The molecule has 0 atom stereocenters. The normalized spacial score (nSPS) is 14.5. The molecule has 3 aromatic rings. The Morgan fingerprint density at radius 1 is 0.900 bits per heavy atom. The van der Waals surface area contributed by atoms with Crippen molar-refractivity contribution in [2.45, 2.75) is 19.3 Å². The molecule has 0 unspecified atom stereocenters. The summed E-state index contributed by atoms with van der Waals surface area (Å²) >= 11 is 0. The number of fused-ring (bicyclic) bond motifs is 3. The molecule has 1 heterocycles. The van der Waals surface area contributed by atoms with E-state index in [-0.39, 0.29) is 5.78 Å². The maximum absolute atomic E-state index is 12.0. The zero-order valence-corrected chi connectivity index (χ0v) is 11.1. The second-order valence-electron chi connectivity index (χ2n) is 5.38. The van der Waals surface area contributed by atoms with Crippen molar-refractivity contribution < 1.29 is 4.79 Å². The summed E-state index contributed by atoms with van der Waals surface area (Å²) in [5.41, 5.74) is 5.53. The molecule has 20 heavy (non-hydrogen) atoms. The van der Waals surface area contributed by atoms with Crippen molar-refractivity contribution in [1.82, 2.24) is 4.98 Å². The van der Waals surface area contributed by atoms with E-state index in [1.807, 2.05) is 6.07 Å². The summed E-state index contributed by atoms with van der Waals surface area (Å²) in [6.07, 6.45) is 2.64. The number of aromatic amines is 1. The molecule has 1 aliphatic carbocycles. The number of Topliss-reactive ketones (excluding diaryl/α,β-unsaturated/α-hetero) is 1. The number of ketones is 1. The van der Waals surface area contributed by atoms with Crippen molar-refractivity contribution in [3.05, 3.63) is 59.8 Å². The van der Waals surface area contributed by atoms with Crippen molar-refractivity contribution in [2.75, 3.05) is 0 Å². The van der Waals surface area contributed by atoms with Gasteiger partial charge in [-0.15, -0.1) is 0 Å². The molecule has 2 heteroatoms. The molecule has 4 rings (SSSR count). The summed E-state index contributed by atoms with van der Waals surface area (Å²) in [5, 5.41) is 1.20. The minimum Gasteiger partial charge on any atom is -0.352 e. The van der Waals surface area contributed by atoms with Crippen LogP contribution in [0.25, 0.3) is 22.0 Å². The van der Waals surface area contributed by atoms with Gasteiger partial charge in [0.1, 0.15) is 0 Å². The first-order valence-corrected chi connectivity index (χ1v) is 7.06. The van der Waals surface area contributed by atoms with Crippen molar-refractivity contribution in [3.63, 3.8) is 0 Å². The molecule has 0 spiro atoms. The van der Waals surface area contributed by atoms with Crippen LogP contribution in [-0.2, 0) is 6.42 Å². The molecule has 0 saturated carbocycles. The Morgan fingerprint density at radius 3 is 2.60 bits per heavy atom. The number of aryl methyl sites for hydroxylation is 1. The zero-order chi connectivity index (χ0) is 13.5. The molecule has 2 aromatic carbocycles. The predicted molar refractivity (Wildman–Crippen MR) is 81.0 cm³/mol. The molecule has 0 aliphatic heterocycles. The number of H-pyrrole nitrogens is 1. The van der Waals surface area contributed by atoms with Crippen LogP contribution in [0.2, 0.25) is 0 Å². The molecule has 1 aromatic heterocycles. The molecule has 0 amide bonds. The SMILES string of the molecule is O=C1CCCc2c1[nH]c1ccc(-c3ccccc3)cc21. The predicted octanol–water partition coefficient (Wildman–Crippen LogP) is 4.35. The lowest BCUT2D eigenvalue weighted by Crippen LogP contribution is -2.09. The molecule has 1 N–H and O–H groups in total. The highest BCUT2D eigenvalue weighted by Crippen LogP contribution is 2.32. The quantitative estimate of drug-likeness (QED) is 0.694. The third kappa shape index (κ3) is 1.68. The van der Waals surface area contributed by atoms with E-state index in [0.717, 1.165) is 24.1 Å². The summed E-state index contributed by atoms with van der Waals surface area (Å²) in [6.45, 7) is 0. The van der Waals surface area contributed by atoms with E-state index in [1.54, 1.807) is 0 Å². The fourth-order valence-corrected chi connectivity index (χ4v) is 3.11. The molecule has 2 nitrogen and oxygen atoms in total. The lowest BCUT2D eigenvalue weighted by molar-refractivity contribution is 0.0968. The first kappa shape index (κ1) is 11.5. The number of rotatable bonds is 1. The van der Waals surface area contributed by atoms with E-state index >= 15 is 0 Å². The number of carbonyl (C=O) groups excluding carboxylic acids is 1. The van der Waals surface area contributed by atoms with E-state index in [4.69, 9.17) is 0 Å². The fraction of sp³-hybridized carbons (Fsp3) is 0.167. The molecule has 98 valence electrons. The maximum Gasteiger partial charge on any atom is 0.179 e. The second kappa shape index (κ2) is 4.34. The third-order valence-electron chi connectivity index (χ3n) is 4.12. The number of aromatic nitrogens is 1. The molecule has 0 bridgehead atoms. The van der Waals surface area contributed by atoms with Gasteiger partial charge in [-0.3, -0.25) is 4.79 Å². The highest BCUT2D eigenvalue weighted by atomic mass is 16.1. The Bertz CT molecular complexity index is 799. The molecular formula is C18H15NO. The van der Waals surface area contributed by atoms with E-state index in [2.05, 4.69) is 47.4 Å². The van der Waals surface area contributed by atoms with Crippen molar-refractivity contribution in [3.8, 4) is 11.1 Å². The first-order chi connectivity index (χ1) is 9.83. The van der Waals surface area contributed by atoms with Crippen molar-refractivity contribution >= 4 is 16.7 Å². The molecular weight excluding hydrogens is 246 g/mol. The van der Waals surface area contributed by atoms with E-state index in [1.165, 1.54) is 22.1 Å². The maximum atomic E-state index is 12.0. The number of hydrogen-bond acceptors (Lipinski definition) is 1. The van der Waals surface area contributed by atoms with Crippen molar-refractivity contribution in [2.24, 2.45) is 0 Å². The van der Waals surface area contributed by atoms with E-state index in [9.17, 15) is 4.79 Å². The Balaban J connectivity index is 1.93. The summed E-state index contributed by atoms with van der Waals surface area (Å²) < 4.78 is 0. The van der Waals surface area contributed by atoms with Gasteiger partial charge in [-0.25, -0.2) is 0 Å². The smallest absolute Gasteiger partial charge is 0.179 e. The van der Waals surface area contributed by atoms with Crippen LogP contribution in [0, 0.1) is 0 Å². The number of hydrogen-bond donors (Lipinski definition) is 1. The summed E-state index contributed by atoms with van der Waals surface area (Å²) in [7, 11) is 0. The van der Waals surface area contributed by atoms with Gasteiger partial charge in [0.05, 0.1) is 5.69 Å². The van der Waals surface area contributed by atoms with Gasteiger partial charge in [0.2, 0.25) is 0 Å². The zero-order valence-electron chi connectivity index (χ0n) is 11.1. The lowest BCUT2D eigenvalue weighted by Gasteiger charge is -2.09. The molecule has 0 radical (unpaired) electrons. The minimum atomic E-state index is 0.253. The topological polar surface area (TPSA) is 32.9 Å². The van der Waals surface area contributed by atoms with Gasteiger partial charge in [-0.2, -0.15) is 0 Å². The van der Waals surface area contributed by atoms with Gasteiger partial charge >= 0.3 is 0 Å². The second-order valence-corrected chi connectivity index (χ2v) is 5.38. The van der Waals surface area contributed by atoms with Gasteiger partial charge in [-0.05, 0) is 41.7 Å². The molecule has 1 aliphatic rings. The van der Waals surface area contributed by atoms with Gasteiger partial charge in [0, 0.05) is 17.3 Å². The largest absolute Gasteiger partial charge is 0.352 e. The highest BCUT2D eigenvalue weighted by molar-refractivity contribution is 6.04. The van der Waals surface area contributed by atoms with Crippen LogP contribution in [0.1, 0.15) is 28.9 Å². The Labute approximate surface area is 117 Å². The fourth-order valence-electron chi connectivity index (χ4n) is 3.11. The first-order valence-electron chi connectivity index (χ1n) is 7.06. The van der Waals surface area contributed by atoms with Crippen molar-refractivity contribution in [1.29, 1.82) is 0 Å². The summed E-state index contributed by atoms with van der Waals surface area (Å²) in [5.74, 6) is 0.253. The lowest BCUT2D eigenvalue weighted by atomic mass is 9.93. The average molecular weight is 261 g/mol. The average Bonchev–Trinajstić information content (AvgIpc) is 2.88. The van der Waals surface area contributed by atoms with Gasteiger partial charge in [0.25, 0.3) is 0 Å². The minimum absolute atomic E-state index is 0.253. The van der Waals surface area contributed by atoms with E-state index < -0.39 is 0 Å². The Morgan fingerprint density at radius 2 is 1.75 bits per heavy atom. The van der Waals surface area contributed by atoms with Gasteiger partial charge in [0.15, 0.2) is 5.78 Å². The van der Waals surface area contributed by atoms with Crippen LogP contribution in [-0.4, -0.2) is 10.8 Å². The Hall–Kier alpha value is -2.35. The summed E-state index contributed by atoms with van der Waals surface area (Å²) in [4.78, 5) is 15.3. The van der Waals surface area contributed by atoms with Crippen LogP contribution >= 0.6 is 0 Å². The Kier molecular flexibility index (Phi) is 2.49. The summed E-state index contributed by atoms with van der Waals surface area (Å²) in [6, 6.07) is 16.8. The molecule has 0 fully saturated rings. The van der Waals surface area contributed by atoms with Gasteiger partial charge < -0.3 is 4.98 Å². The number of carbonyl (C=O) groups is 1. The molecule has 0 saturated heterocycles. The van der Waals surface area contributed by atoms with Gasteiger partial charge in [-0.1, -0.05) is 36.4 Å². The highest BCUT2D eigenvalue weighted by Gasteiger charge is 2.21.